The van der Waals surface area contributed by atoms with E-state index in [-0.39, 0.29) is 11.6 Å². The molecule has 6 heteroatoms. The Hall–Kier alpha value is -1.56. The standard InChI is InChI=1S/C16H28N4O2/c1-15(2,3)22-14(21)17-12-16(8-5-6-9-16)18-11-13-7-10-19-20(13)4/h7,10,18H,5-6,8-9,11-12H2,1-4H3,(H,17,21). The summed E-state index contributed by atoms with van der Waals surface area (Å²) in [6.07, 6.45) is 5.97. The highest BCUT2D eigenvalue weighted by atomic mass is 16.6. The molecule has 0 aromatic carbocycles. The van der Waals surface area contributed by atoms with Gasteiger partial charge in [-0.15, -0.1) is 0 Å². The molecule has 1 aromatic heterocycles. The number of amides is 1. The molecule has 22 heavy (non-hydrogen) atoms. The molecule has 0 unspecified atom stereocenters. The minimum absolute atomic E-state index is 0.0405. The van der Waals surface area contributed by atoms with E-state index in [0.717, 1.165) is 25.1 Å². The lowest BCUT2D eigenvalue weighted by molar-refractivity contribution is 0.0509. The number of carbonyl (C=O) groups is 1. The molecule has 2 N–H and O–H groups in total. The molecule has 0 aliphatic heterocycles. The van der Waals surface area contributed by atoms with Crippen LogP contribution in [0.25, 0.3) is 0 Å². The second-order valence-electron chi connectivity index (χ2n) is 7.14. The van der Waals surface area contributed by atoms with Crippen LogP contribution >= 0.6 is 0 Å². The molecule has 1 saturated carbocycles. The zero-order chi connectivity index (χ0) is 16.2. The highest BCUT2D eigenvalue weighted by Crippen LogP contribution is 2.29. The van der Waals surface area contributed by atoms with Gasteiger partial charge in [0.15, 0.2) is 0 Å². The molecule has 2 rings (SSSR count). The Labute approximate surface area is 132 Å². The summed E-state index contributed by atoms with van der Waals surface area (Å²) in [7, 11) is 1.94. The molecule has 1 amide bonds. The number of aryl methyl sites for hydroxylation is 1. The zero-order valence-electron chi connectivity index (χ0n) is 14.1. The predicted octanol–water partition coefficient (Wildman–Crippen LogP) is 2.35. The monoisotopic (exact) mass is 308 g/mol. The molecule has 0 saturated heterocycles. The van der Waals surface area contributed by atoms with E-state index >= 15 is 0 Å². The maximum atomic E-state index is 11.9. The highest BCUT2D eigenvalue weighted by molar-refractivity contribution is 5.67. The van der Waals surface area contributed by atoms with E-state index in [4.69, 9.17) is 4.74 Å². The van der Waals surface area contributed by atoms with Gasteiger partial charge in [0.25, 0.3) is 0 Å². The molecule has 1 aliphatic carbocycles. The first-order valence-corrected chi connectivity index (χ1v) is 7.98. The van der Waals surface area contributed by atoms with Crippen LogP contribution in [-0.2, 0) is 18.3 Å². The first-order valence-electron chi connectivity index (χ1n) is 7.98. The van der Waals surface area contributed by atoms with E-state index in [1.807, 2.05) is 38.6 Å². The summed E-state index contributed by atoms with van der Waals surface area (Å²) in [5.74, 6) is 0. The molecule has 0 spiro atoms. The van der Waals surface area contributed by atoms with Crippen molar-refractivity contribution in [3.05, 3.63) is 18.0 Å². The van der Waals surface area contributed by atoms with Crippen LogP contribution in [0.2, 0.25) is 0 Å². The van der Waals surface area contributed by atoms with Crippen molar-refractivity contribution in [2.75, 3.05) is 6.54 Å². The van der Waals surface area contributed by atoms with Crippen LogP contribution in [-0.4, -0.2) is 33.6 Å². The molecule has 0 atom stereocenters. The van der Waals surface area contributed by atoms with Gasteiger partial charge < -0.3 is 15.4 Å². The normalized spacial score (nSPS) is 17.5. The van der Waals surface area contributed by atoms with Gasteiger partial charge in [0.1, 0.15) is 5.60 Å². The van der Waals surface area contributed by atoms with Crippen LogP contribution in [0.1, 0.15) is 52.1 Å². The molecule has 124 valence electrons. The number of aromatic nitrogens is 2. The topological polar surface area (TPSA) is 68.2 Å². The fraction of sp³-hybridized carbons (Fsp3) is 0.750. The van der Waals surface area contributed by atoms with E-state index < -0.39 is 5.60 Å². The third-order valence-corrected chi connectivity index (χ3v) is 4.10. The van der Waals surface area contributed by atoms with Crippen molar-refractivity contribution in [1.29, 1.82) is 0 Å². The van der Waals surface area contributed by atoms with E-state index in [1.54, 1.807) is 6.20 Å². The van der Waals surface area contributed by atoms with E-state index in [2.05, 4.69) is 15.7 Å². The third-order valence-electron chi connectivity index (χ3n) is 4.10. The van der Waals surface area contributed by atoms with E-state index in [1.165, 1.54) is 12.8 Å². The minimum atomic E-state index is -0.463. The van der Waals surface area contributed by atoms with Gasteiger partial charge in [0, 0.05) is 31.9 Å². The number of hydrogen-bond donors (Lipinski definition) is 2. The minimum Gasteiger partial charge on any atom is -0.444 e. The van der Waals surface area contributed by atoms with Gasteiger partial charge in [0.2, 0.25) is 0 Å². The summed E-state index contributed by atoms with van der Waals surface area (Å²) in [6, 6.07) is 2.01. The van der Waals surface area contributed by atoms with Gasteiger partial charge in [-0.2, -0.15) is 5.10 Å². The summed E-state index contributed by atoms with van der Waals surface area (Å²) in [5, 5.41) is 10.7. The Morgan fingerprint density at radius 3 is 2.64 bits per heavy atom. The number of ether oxygens (including phenoxy) is 1. The smallest absolute Gasteiger partial charge is 0.407 e. The largest absolute Gasteiger partial charge is 0.444 e. The molecule has 1 heterocycles. The lowest BCUT2D eigenvalue weighted by Gasteiger charge is -2.31. The van der Waals surface area contributed by atoms with Gasteiger partial charge in [-0.05, 0) is 39.7 Å². The van der Waals surface area contributed by atoms with Crippen molar-refractivity contribution in [2.24, 2.45) is 7.05 Å². The molecule has 0 bridgehead atoms. The fourth-order valence-electron chi connectivity index (χ4n) is 2.88. The average Bonchev–Trinajstić information content (AvgIpc) is 3.02. The Bertz CT molecular complexity index is 498. The van der Waals surface area contributed by atoms with Crippen molar-refractivity contribution >= 4 is 6.09 Å². The van der Waals surface area contributed by atoms with Gasteiger partial charge >= 0.3 is 6.09 Å². The molecule has 0 radical (unpaired) electrons. The molecule has 6 nitrogen and oxygen atoms in total. The first kappa shape index (κ1) is 16.8. The Morgan fingerprint density at radius 2 is 2.09 bits per heavy atom. The zero-order valence-corrected chi connectivity index (χ0v) is 14.1. The number of carbonyl (C=O) groups excluding carboxylic acids is 1. The molecular weight excluding hydrogens is 280 g/mol. The quantitative estimate of drug-likeness (QED) is 0.876. The van der Waals surface area contributed by atoms with Gasteiger partial charge in [-0.3, -0.25) is 4.68 Å². The van der Waals surface area contributed by atoms with Crippen LogP contribution in [0.5, 0.6) is 0 Å². The van der Waals surface area contributed by atoms with Crippen LogP contribution in [0.15, 0.2) is 12.3 Å². The third kappa shape index (κ3) is 4.73. The number of nitrogens with zero attached hydrogens (tertiary/aromatic N) is 2. The summed E-state index contributed by atoms with van der Waals surface area (Å²) in [5.41, 5.74) is 0.638. The Morgan fingerprint density at radius 1 is 1.41 bits per heavy atom. The maximum absolute atomic E-state index is 11.9. The van der Waals surface area contributed by atoms with Crippen LogP contribution < -0.4 is 10.6 Å². The molecule has 1 aliphatic rings. The molecular formula is C16H28N4O2. The fourth-order valence-corrected chi connectivity index (χ4v) is 2.88. The highest BCUT2D eigenvalue weighted by Gasteiger charge is 2.34. The SMILES string of the molecule is Cn1nccc1CNC1(CNC(=O)OC(C)(C)C)CCCC1. The second-order valence-corrected chi connectivity index (χ2v) is 7.14. The number of nitrogens with one attached hydrogen (secondary N) is 2. The van der Waals surface area contributed by atoms with Crippen molar-refractivity contribution in [1.82, 2.24) is 20.4 Å². The van der Waals surface area contributed by atoms with Crippen LogP contribution in [0.3, 0.4) is 0 Å². The summed E-state index contributed by atoms with van der Waals surface area (Å²) in [4.78, 5) is 11.9. The van der Waals surface area contributed by atoms with Crippen molar-refractivity contribution < 1.29 is 9.53 Å². The van der Waals surface area contributed by atoms with Crippen molar-refractivity contribution in [3.8, 4) is 0 Å². The second kappa shape index (κ2) is 6.69. The van der Waals surface area contributed by atoms with Crippen molar-refractivity contribution in [2.45, 2.75) is 64.1 Å². The maximum Gasteiger partial charge on any atom is 0.407 e. The Kier molecular flexibility index (Phi) is 5.11. The van der Waals surface area contributed by atoms with Gasteiger partial charge in [-0.25, -0.2) is 4.79 Å². The number of alkyl carbamates (subject to hydrolysis) is 1. The van der Waals surface area contributed by atoms with E-state index in [9.17, 15) is 4.79 Å². The summed E-state index contributed by atoms with van der Waals surface area (Å²) < 4.78 is 7.19. The number of rotatable bonds is 5. The lowest BCUT2D eigenvalue weighted by atomic mass is 9.97. The van der Waals surface area contributed by atoms with Crippen molar-refractivity contribution in [3.63, 3.8) is 0 Å². The Balaban J connectivity index is 1.88. The van der Waals surface area contributed by atoms with Gasteiger partial charge in [0.05, 0.1) is 5.69 Å². The van der Waals surface area contributed by atoms with E-state index in [0.29, 0.717) is 6.54 Å². The first-order chi connectivity index (χ1) is 10.3. The molecule has 1 fully saturated rings. The van der Waals surface area contributed by atoms with Crippen LogP contribution in [0.4, 0.5) is 4.79 Å². The predicted molar refractivity (Wildman–Crippen MR) is 85.5 cm³/mol. The summed E-state index contributed by atoms with van der Waals surface area (Å²) >= 11 is 0. The van der Waals surface area contributed by atoms with Crippen LogP contribution in [0, 0.1) is 0 Å². The average molecular weight is 308 g/mol. The summed E-state index contributed by atoms with van der Waals surface area (Å²) in [6.45, 7) is 6.97. The number of hydrogen-bond acceptors (Lipinski definition) is 4. The molecule has 1 aromatic rings. The van der Waals surface area contributed by atoms with Gasteiger partial charge in [-0.1, -0.05) is 12.8 Å². The lowest BCUT2D eigenvalue weighted by Crippen LogP contribution is -2.52.